The van der Waals surface area contributed by atoms with Crippen LogP contribution in [-0.4, -0.2) is 49.1 Å². The van der Waals surface area contributed by atoms with E-state index in [0.717, 1.165) is 51.4 Å². The van der Waals surface area contributed by atoms with E-state index in [1.165, 1.54) is 32.1 Å². The molecule has 4 amide bonds. The molecule has 3 aliphatic rings. The number of amides is 4. The number of ether oxygens (including phenoxy) is 2. The molecular formula is C29H46N4O4. The van der Waals surface area contributed by atoms with E-state index < -0.39 is 5.72 Å². The molecule has 3 fully saturated rings. The van der Waals surface area contributed by atoms with Gasteiger partial charge in [0.25, 0.3) is 0 Å². The predicted molar refractivity (Wildman–Crippen MR) is 146 cm³/mol. The average Bonchev–Trinajstić information content (AvgIpc) is 2.91. The van der Waals surface area contributed by atoms with Crippen LogP contribution < -0.4 is 20.7 Å². The molecule has 0 radical (unpaired) electrons. The summed E-state index contributed by atoms with van der Waals surface area (Å²) in [5.74, 6) is 1.79. The Morgan fingerprint density at radius 3 is 2.62 bits per heavy atom. The van der Waals surface area contributed by atoms with Gasteiger partial charge < -0.3 is 30.3 Å². The lowest BCUT2D eigenvalue weighted by molar-refractivity contribution is -0.143. The van der Waals surface area contributed by atoms with Crippen molar-refractivity contribution in [3.8, 4) is 5.75 Å². The number of carbonyl (C=O) groups excluding carboxylic acids is 2. The maximum Gasteiger partial charge on any atom is 0.321 e. The number of nitrogens with zero attached hydrogens (tertiary/aromatic N) is 1. The first-order valence-electron chi connectivity index (χ1n) is 14.4. The maximum atomic E-state index is 13.2. The summed E-state index contributed by atoms with van der Waals surface area (Å²) in [6, 6.07) is 7.32. The first-order valence-corrected chi connectivity index (χ1v) is 14.4. The highest BCUT2D eigenvalue weighted by molar-refractivity contribution is 5.89. The number of urea groups is 2. The van der Waals surface area contributed by atoms with Gasteiger partial charge in [0.2, 0.25) is 0 Å². The molecule has 1 saturated heterocycles. The lowest BCUT2D eigenvalue weighted by Crippen LogP contribution is -2.62. The predicted octanol–water partition coefficient (Wildman–Crippen LogP) is 6.23. The Bertz CT molecular complexity index is 882. The van der Waals surface area contributed by atoms with Gasteiger partial charge in [0.05, 0.1) is 7.11 Å². The van der Waals surface area contributed by atoms with E-state index in [1.807, 2.05) is 23.1 Å². The van der Waals surface area contributed by atoms with Gasteiger partial charge in [-0.2, -0.15) is 0 Å². The molecule has 1 atom stereocenters. The molecule has 2 saturated carbocycles. The van der Waals surface area contributed by atoms with Crippen LogP contribution in [0.4, 0.5) is 15.3 Å². The number of carbonyl (C=O) groups is 2. The van der Waals surface area contributed by atoms with Gasteiger partial charge in [-0.25, -0.2) is 9.59 Å². The minimum Gasteiger partial charge on any atom is -0.497 e. The highest BCUT2D eigenvalue weighted by Crippen LogP contribution is 2.35. The highest BCUT2D eigenvalue weighted by atomic mass is 16.5. The fourth-order valence-corrected chi connectivity index (χ4v) is 6.23. The van der Waals surface area contributed by atoms with Crippen molar-refractivity contribution in [2.24, 2.45) is 11.8 Å². The molecule has 206 valence electrons. The molecule has 1 aromatic rings. The zero-order valence-corrected chi connectivity index (χ0v) is 22.7. The molecule has 8 nitrogen and oxygen atoms in total. The number of benzene rings is 1. The molecule has 1 aromatic carbocycles. The number of methoxy groups -OCH3 is 1. The van der Waals surface area contributed by atoms with E-state index >= 15 is 0 Å². The van der Waals surface area contributed by atoms with Crippen LogP contribution >= 0.6 is 0 Å². The third-order valence-corrected chi connectivity index (χ3v) is 8.38. The molecular weight excluding hydrogens is 468 g/mol. The summed E-state index contributed by atoms with van der Waals surface area (Å²) in [5, 5.41) is 9.30. The zero-order chi connectivity index (χ0) is 26.1. The highest BCUT2D eigenvalue weighted by Gasteiger charge is 2.41. The number of rotatable bonds is 10. The molecule has 2 aliphatic carbocycles. The van der Waals surface area contributed by atoms with Crippen molar-refractivity contribution in [3.05, 3.63) is 24.3 Å². The summed E-state index contributed by atoms with van der Waals surface area (Å²) >= 11 is 0. The Hall–Kier alpha value is -2.48. The Balaban J connectivity index is 1.21. The van der Waals surface area contributed by atoms with Crippen molar-refractivity contribution in [3.63, 3.8) is 0 Å². The monoisotopic (exact) mass is 514 g/mol. The molecule has 1 aliphatic heterocycles. The second-order valence-corrected chi connectivity index (χ2v) is 11.3. The lowest BCUT2D eigenvalue weighted by atomic mass is 9.82. The number of nitrogens with one attached hydrogen (secondary N) is 3. The number of hydrogen-bond acceptors (Lipinski definition) is 4. The second kappa shape index (κ2) is 13.4. The fourth-order valence-electron chi connectivity index (χ4n) is 6.23. The van der Waals surface area contributed by atoms with Gasteiger partial charge in [-0.15, -0.1) is 0 Å². The van der Waals surface area contributed by atoms with Crippen LogP contribution in [0.2, 0.25) is 0 Å². The third kappa shape index (κ3) is 8.00. The number of unbranched alkanes of at least 4 members (excludes halogenated alkanes) is 1. The Labute approximate surface area is 222 Å². The smallest absolute Gasteiger partial charge is 0.321 e. The summed E-state index contributed by atoms with van der Waals surface area (Å²) in [4.78, 5) is 27.5. The Morgan fingerprint density at radius 2 is 1.92 bits per heavy atom. The minimum atomic E-state index is -0.497. The summed E-state index contributed by atoms with van der Waals surface area (Å²) in [5.41, 5.74) is 0.212. The van der Waals surface area contributed by atoms with Gasteiger partial charge in [0.1, 0.15) is 18.2 Å². The molecule has 4 rings (SSSR count). The zero-order valence-electron chi connectivity index (χ0n) is 22.7. The molecule has 0 bridgehead atoms. The standard InChI is InChI=1S/C29H46N4O4/c1-3-4-17-29(19-22-9-6-5-7-10-22)32-28(35)33(21-37-29)20-23-13-15-24(16-14-23)30-27(34)31-25-11-8-12-26(18-25)36-2/h8,11-12,18,22-24H,3-7,9-10,13-17,19-21H2,1-2H3,(H,32,35)(H2,30,31,34). The lowest BCUT2D eigenvalue weighted by Gasteiger charge is -2.45. The van der Waals surface area contributed by atoms with E-state index in [1.54, 1.807) is 13.2 Å². The van der Waals surface area contributed by atoms with Crippen LogP contribution in [0.5, 0.6) is 5.75 Å². The molecule has 1 unspecified atom stereocenters. The van der Waals surface area contributed by atoms with Crippen LogP contribution in [0.15, 0.2) is 24.3 Å². The van der Waals surface area contributed by atoms with E-state index in [2.05, 4.69) is 22.9 Å². The van der Waals surface area contributed by atoms with Gasteiger partial charge in [-0.1, -0.05) is 51.5 Å². The van der Waals surface area contributed by atoms with Crippen molar-refractivity contribution >= 4 is 17.7 Å². The summed E-state index contributed by atoms with van der Waals surface area (Å²) in [6.45, 7) is 3.28. The quantitative estimate of drug-likeness (QED) is 0.345. The summed E-state index contributed by atoms with van der Waals surface area (Å²) < 4.78 is 11.7. The van der Waals surface area contributed by atoms with Crippen molar-refractivity contribution in [1.29, 1.82) is 0 Å². The van der Waals surface area contributed by atoms with Crippen molar-refractivity contribution in [2.45, 2.75) is 102 Å². The van der Waals surface area contributed by atoms with Crippen LogP contribution in [0.25, 0.3) is 0 Å². The van der Waals surface area contributed by atoms with Crippen LogP contribution in [0.1, 0.15) is 90.4 Å². The van der Waals surface area contributed by atoms with Gasteiger partial charge in [0, 0.05) is 24.3 Å². The molecule has 8 heteroatoms. The second-order valence-electron chi connectivity index (χ2n) is 11.3. The number of hydrogen-bond donors (Lipinski definition) is 3. The largest absolute Gasteiger partial charge is 0.497 e. The maximum absolute atomic E-state index is 13.2. The van der Waals surface area contributed by atoms with E-state index in [9.17, 15) is 9.59 Å². The van der Waals surface area contributed by atoms with Gasteiger partial charge in [0.15, 0.2) is 0 Å². The molecule has 0 aromatic heterocycles. The van der Waals surface area contributed by atoms with Crippen LogP contribution in [0, 0.1) is 11.8 Å². The minimum absolute atomic E-state index is 0.0241. The summed E-state index contributed by atoms with van der Waals surface area (Å²) in [7, 11) is 1.61. The third-order valence-electron chi connectivity index (χ3n) is 8.38. The molecule has 0 spiro atoms. The molecule has 1 heterocycles. The number of anilines is 1. The Morgan fingerprint density at radius 1 is 1.14 bits per heavy atom. The SMILES string of the molecule is CCCCC1(CC2CCCCC2)NC(=O)N(CC2CCC(NC(=O)Nc3cccc(OC)c3)CC2)CO1. The fraction of sp³-hybridized carbons (Fsp3) is 0.724. The summed E-state index contributed by atoms with van der Waals surface area (Å²) in [6.07, 6.45) is 14.2. The van der Waals surface area contributed by atoms with Gasteiger partial charge in [-0.3, -0.25) is 0 Å². The first kappa shape index (κ1) is 27.6. The Kier molecular flexibility index (Phi) is 9.95. The van der Waals surface area contributed by atoms with E-state index in [-0.39, 0.29) is 18.1 Å². The van der Waals surface area contributed by atoms with Gasteiger partial charge >= 0.3 is 12.1 Å². The topological polar surface area (TPSA) is 91.9 Å². The normalized spacial score (nSPS) is 26.9. The molecule has 3 N–H and O–H groups in total. The van der Waals surface area contributed by atoms with E-state index in [0.29, 0.717) is 36.5 Å². The van der Waals surface area contributed by atoms with E-state index in [4.69, 9.17) is 9.47 Å². The van der Waals surface area contributed by atoms with Crippen molar-refractivity contribution in [2.75, 3.05) is 25.7 Å². The van der Waals surface area contributed by atoms with Crippen molar-refractivity contribution < 1.29 is 19.1 Å². The average molecular weight is 515 g/mol. The first-order chi connectivity index (χ1) is 18.0. The molecule has 37 heavy (non-hydrogen) atoms. The van der Waals surface area contributed by atoms with Gasteiger partial charge in [-0.05, 0) is 68.9 Å². The van der Waals surface area contributed by atoms with Crippen LogP contribution in [-0.2, 0) is 4.74 Å². The van der Waals surface area contributed by atoms with Crippen molar-refractivity contribution in [1.82, 2.24) is 15.5 Å². The van der Waals surface area contributed by atoms with Crippen LogP contribution in [0.3, 0.4) is 0 Å².